The first-order valence-electron chi connectivity index (χ1n) is 18.2. The van der Waals surface area contributed by atoms with Crippen molar-refractivity contribution >= 4 is 22.0 Å². The van der Waals surface area contributed by atoms with E-state index in [1.807, 2.05) is 18.2 Å². The summed E-state index contributed by atoms with van der Waals surface area (Å²) in [6.07, 6.45) is 4.60. The molecule has 0 atom stereocenters. The van der Waals surface area contributed by atoms with Crippen molar-refractivity contribution in [3.63, 3.8) is 0 Å². The van der Waals surface area contributed by atoms with Crippen LogP contribution in [0.3, 0.4) is 0 Å². The van der Waals surface area contributed by atoms with Crippen LogP contribution in [0.1, 0.15) is 92.2 Å². The van der Waals surface area contributed by atoms with Gasteiger partial charge >= 0.3 is 0 Å². The van der Waals surface area contributed by atoms with E-state index in [4.69, 9.17) is 13.5 Å². The van der Waals surface area contributed by atoms with Crippen LogP contribution in [0.2, 0.25) is 0 Å². The van der Waals surface area contributed by atoms with Crippen molar-refractivity contribution in [3.05, 3.63) is 143 Å². The van der Waals surface area contributed by atoms with Gasteiger partial charge < -0.3 is 14.0 Å². The van der Waals surface area contributed by atoms with Crippen LogP contribution >= 0.6 is 0 Å². The minimum Gasteiger partial charge on any atom is -0.557 e. The van der Waals surface area contributed by atoms with Crippen LogP contribution in [-0.4, -0.2) is 14.5 Å². The number of aromatic nitrogens is 3. The number of imidazole rings is 1. The number of furan rings is 1. The smallest absolute Gasteiger partial charge is 0.0770 e. The second-order valence-electron chi connectivity index (χ2n) is 14.0. The van der Waals surface area contributed by atoms with Crippen molar-refractivity contribution in [2.75, 3.05) is 0 Å². The minimum atomic E-state index is -2.09. The third-order valence-electron chi connectivity index (χ3n) is 8.81. The van der Waals surface area contributed by atoms with Gasteiger partial charge in [0.2, 0.25) is 0 Å². The number of nitrogens with zero attached hydrogens (tertiary/aromatic N) is 3. The molecule has 0 unspecified atom stereocenters. The number of para-hydroxylation sites is 2. The molecule has 0 aliphatic heterocycles. The van der Waals surface area contributed by atoms with Gasteiger partial charge in [0, 0.05) is 48.8 Å². The number of fused-ring (bicyclic) bond motifs is 2. The van der Waals surface area contributed by atoms with Crippen molar-refractivity contribution in [3.8, 4) is 22.6 Å². The fourth-order valence-corrected chi connectivity index (χ4v) is 6.19. The molecular weight excluding hydrogens is 779 g/mol. The average molecular weight is 827 g/mol. The fourth-order valence-electron chi connectivity index (χ4n) is 6.19. The quantitative estimate of drug-likeness (QED) is 0.157. The van der Waals surface area contributed by atoms with E-state index in [0.717, 1.165) is 51.2 Å². The van der Waals surface area contributed by atoms with Gasteiger partial charge in [0.25, 0.3) is 0 Å². The van der Waals surface area contributed by atoms with Gasteiger partial charge in [-0.3, -0.25) is 4.98 Å². The minimum absolute atomic E-state index is 0. The van der Waals surface area contributed by atoms with E-state index < -0.39 is 6.85 Å². The van der Waals surface area contributed by atoms with Gasteiger partial charge in [-0.15, -0.1) is 35.9 Å². The summed E-state index contributed by atoms with van der Waals surface area (Å²) >= 11 is 0. The van der Waals surface area contributed by atoms with Gasteiger partial charge in [-0.1, -0.05) is 126 Å². The van der Waals surface area contributed by atoms with Crippen molar-refractivity contribution in [2.45, 2.75) is 79.1 Å². The Balaban J connectivity index is 0.000000258. The Morgan fingerprint density at radius 1 is 0.857 bits per heavy atom. The zero-order chi connectivity index (χ0) is 36.5. The van der Waals surface area contributed by atoms with E-state index in [0.29, 0.717) is 11.8 Å². The predicted octanol–water partition coefficient (Wildman–Crippen LogP) is 11.7. The molecule has 3 heterocycles. The zero-order valence-electron chi connectivity index (χ0n) is 32.3. The second kappa shape index (κ2) is 15.1. The van der Waals surface area contributed by atoms with Crippen LogP contribution in [-0.2, 0) is 32.1 Å². The van der Waals surface area contributed by atoms with Crippen LogP contribution in [0, 0.1) is 19.2 Å². The molecule has 4 aromatic carbocycles. The van der Waals surface area contributed by atoms with Crippen LogP contribution in [0.15, 0.2) is 108 Å². The van der Waals surface area contributed by atoms with Gasteiger partial charge in [0.15, 0.2) is 0 Å². The van der Waals surface area contributed by atoms with Crippen LogP contribution < -0.4 is 0 Å². The van der Waals surface area contributed by atoms with E-state index in [1.54, 1.807) is 18.2 Å². The van der Waals surface area contributed by atoms with Gasteiger partial charge in [-0.05, 0) is 64.2 Å². The van der Waals surface area contributed by atoms with Gasteiger partial charge in [0.05, 0.1) is 16.9 Å². The van der Waals surface area contributed by atoms with E-state index >= 15 is 0 Å². The summed E-state index contributed by atoms with van der Waals surface area (Å²) in [4.78, 5) is 9.24. The summed E-state index contributed by atoms with van der Waals surface area (Å²) < 4.78 is 30.0. The van der Waals surface area contributed by atoms with E-state index in [9.17, 15) is 0 Å². The normalized spacial score (nSPS) is 12.7. The number of hydrogen-bond donors (Lipinski definition) is 0. The third kappa shape index (κ3) is 7.80. The molecule has 5 heteroatoms. The summed E-state index contributed by atoms with van der Waals surface area (Å²) in [5, 5.41) is 1.07. The average Bonchev–Trinajstić information content (AvgIpc) is 3.69. The van der Waals surface area contributed by atoms with Crippen molar-refractivity contribution < 1.29 is 28.6 Å². The summed E-state index contributed by atoms with van der Waals surface area (Å²) in [5.41, 5.74) is 11.3. The Bertz CT molecular complexity index is 2240. The van der Waals surface area contributed by atoms with Crippen LogP contribution in [0.5, 0.6) is 0 Å². The zero-order valence-corrected chi connectivity index (χ0v) is 31.7. The maximum absolute atomic E-state index is 7.23. The molecule has 7 aromatic rings. The molecule has 0 saturated heterocycles. The molecule has 0 spiro atoms. The van der Waals surface area contributed by atoms with E-state index in [2.05, 4.69) is 131 Å². The SMILES string of the molecule is CC(C)c1cccc(C(C)C)c1Cn1c(-c2[c-]oc3ccc(C(C)(C)C)cc23)nc2ccccc21.[2H]C([2H])([2H])c1ccc(-c2[c-]cccc2)nc1.[Ir]. The molecular formula is C44H45IrN3O-2. The van der Waals surface area contributed by atoms with Crippen molar-refractivity contribution in [1.29, 1.82) is 0 Å². The molecule has 0 fully saturated rings. The first kappa shape index (κ1) is 31.9. The first-order valence-corrected chi connectivity index (χ1v) is 16.7. The van der Waals surface area contributed by atoms with E-state index in [1.165, 1.54) is 28.5 Å². The maximum atomic E-state index is 7.23. The number of rotatable bonds is 6. The molecule has 1 radical (unpaired) electrons. The summed E-state index contributed by atoms with van der Waals surface area (Å²) in [6.45, 7) is 14.5. The molecule has 0 amide bonds. The number of aryl methyl sites for hydroxylation is 1. The fraction of sp³-hybridized carbons (Fsp3) is 0.273. The molecule has 0 aliphatic rings. The van der Waals surface area contributed by atoms with Crippen molar-refractivity contribution in [1.82, 2.24) is 14.5 Å². The third-order valence-corrected chi connectivity index (χ3v) is 8.81. The molecule has 253 valence electrons. The molecule has 3 aromatic heterocycles. The van der Waals surface area contributed by atoms with Crippen molar-refractivity contribution in [2.24, 2.45) is 0 Å². The Morgan fingerprint density at radius 2 is 1.59 bits per heavy atom. The maximum Gasteiger partial charge on any atom is 0.0770 e. The molecule has 0 saturated carbocycles. The topological polar surface area (TPSA) is 43.9 Å². The van der Waals surface area contributed by atoms with Gasteiger partial charge in [-0.2, -0.15) is 0 Å². The Morgan fingerprint density at radius 3 is 2.22 bits per heavy atom. The summed E-state index contributed by atoms with van der Waals surface area (Å²) in [5.74, 6) is 1.79. The first-order chi connectivity index (χ1) is 24.2. The van der Waals surface area contributed by atoms with E-state index in [-0.39, 0.29) is 31.1 Å². The number of hydrogen-bond acceptors (Lipinski definition) is 3. The van der Waals surface area contributed by atoms with Gasteiger partial charge in [0.1, 0.15) is 0 Å². The molecule has 0 N–H and O–H groups in total. The number of pyridine rings is 1. The monoisotopic (exact) mass is 827 g/mol. The standard InChI is InChI=1S/C32H35N2O.C12H10N.Ir/c1-20(2)23-11-10-12-24(21(3)4)26(23)18-34-29-14-9-8-13-28(29)33-31(34)27-19-35-30-16-15-22(17-25(27)30)32(5,6)7;1-10-7-8-12(13-9-10)11-5-3-2-4-6-11;/h8-17,20-21H,18H2,1-7H3;2-5,7-9H,1H3;/q2*-1;/i;1D3;. The molecule has 0 bridgehead atoms. The molecule has 7 rings (SSSR count). The van der Waals surface area contributed by atoms with Crippen LogP contribution in [0.4, 0.5) is 0 Å². The predicted molar refractivity (Wildman–Crippen MR) is 199 cm³/mol. The van der Waals surface area contributed by atoms with Crippen LogP contribution in [0.25, 0.3) is 44.6 Å². The molecule has 4 nitrogen and oxygen atoms in total. The Labute approximate surface area is 309 Å². The largest absolute Gasteiger partial charge is 0.557 e. The molecule has 0 aliphatic carbocycles. The van der Waals surface area contributed by atoms with Gasteiger partial charge in [-0.25, -0.2) is 0 Å². The Hall–Kier alpha value is -4.31. The summed E-state index contributed by atoms with van der Waals surface area (Å²) in [6, 6.07) is 35.4. The number of benzene rings is 4. The molecule has 49 heavy (non-hydrogen) atoms. The second-order valence-corrected chi connectivity index (χ2v) is 14.0. The summed E-state index contributed by atoms with van der Waals surface area (Å²) in [7, 11) is 0. The Kier molecular flexibility index (Phi) is 9.82.